The average Bonchev–Trinajstić information content (AvgIpc) is 3.10. The molecule has 0 aliphatic carbocycles. The van der Waals surface area contributed by atoms with Crippen LogP contribution in [0.15, 0.2) is 12.3 Å². The maximum absolute atomic E-state index is 12.7. The van der Waals surface area contributed by atoms with Gasteiger partial charge < -0.3 is 20.3 Å². The zero-order chi connectivity index (χ0) is 16.2. The summed E-state index contributed by atoms with van der Waals surface area (Å²) in [4.78, 5) is 25.5. The average molecular weight is 319 g/mol. The Labute approximate surface area is 136 Å². The number of carbonyl (C=O) groups is 1. The van der Waals surface area contributed by atoms with Gasteiger partial charge in [0.1, 0.15) is 0 Å². The van der Waals surface area contributed by atoms with E-state index in [4.69, 9.17) is 10.5 Å². The maximum atomic E-state index is 12.7. The van der Waals surface area contributed by atoms with Gasteiger partial charge >= 0.3 is 0 Å². The Morgan fingerprint density at radius 1 is 1.35 bits per heavy atom. The summed E-state index contributed by atoms with van der Waals surface area (Å²) < 4.78 is 5.15. The Kier molecular flexibility index (Phi) is 4.95. The zero-order valence-corrected chi connectivity index (χ0v) is 13.6. The summed E-state index contributed by atoms with van der Waals surface area (Å²) in [6.07, 6.45) is 5.50. The minimum absolute atomic E-state index is 0.101. The smallest absolute Gasteiger partial charge is 0.228 e. The molecule has 3 rings (SSSR count). The molecule has 1 amide bonds. The number of methoxy groups -OCH3 is 1. The second kappa shape index (κ2) is 7.12. The van der Waals surface area contributed by atoms with Crippen molar-refractivity contribution in [1.82, 2.24) is 14.9 Å². The van der Waals surface area contributed by atoms with E-state index in [1.165, 1.54) is 0 Å². The van der Waals surface area contributed by atoms with E-state index in [-0.39, 0.29) is 17.9 Å². The molecule has 23 heavy (non-hydrogen) atoms. The minimum Gasteiger partial charge on any atom is -0.481 e. The van der Waals surface area contributed by atoms with Crippen molar-refractivity contribution in [2.45, 2.75) is 31.7 Å². The zero-order valence-electron chi connectivity index (χ0n) is 13.6. The number of likely N-dealkylation sites (tertiary alicyclic amines) is 1. The van der Waals surface area contributed by atoms with Crippen molar-refractivity contribution in [1.29, 1.82) is 0 Å². The van der Waals surface area contributed by atoms with Crippen LogP contribution in [0.3, 0.4) is 0 Å². The van der Waals surface area contributed by atoms with E-state index >= 15 is 0 Å². The molecule has 2 aliphatic rings. The van der Waals surface area contributed by atoms with E-state index < -0.39 is 0 Å². The lowest BCUT2D eigenvalue weighted by Crippen LogP contribution is -2.46. The molecule has 126 valence electrons. The van der Waals surface area contributed by atoms with Crippen molar-refractivity contribution in [3.8, 4) is 5.88 Å². The monoisotopic (exact) mass is 319 g/mol. The van der Waals surface area contributed by atoms with Crippen molar-refractivity contribution in [2.75, 3.05) is 38.2 Å². The van der Waals surface area contributed by atoms with Crippen molar-refractivity contribution >= 4 is 11.9 Å². The lowest BCUT2D eigenvalue weighted by molar-refractivity contribution is -0.136. The van der Waals surface area contributed by atoms with Crippen LogP contribution in [0.25, 0.3) is 0 Å². The van der Waals surface area contributed by atoms with Gasteiger partial charge in [0.2, 0.25) is 17.7 Å². The first-order valence-electron chi connectivity index (χ1n) is 8.35. The number of hydrogen-bond acceptors (Lipinski definition) is 6. The predicted octanol–water partition coefficient (Wildman–Crippen LogP) is 0.651. The normalized spacial score (nSPS) is 22.4. The first kappa shape index (κ1) is 16.0. The fourth-order valence-corrected chi connectivity index (χ4v) is 3.53. The number of rotatable bonds is 4. The van der Waals surface area contributed by atoms with E-state index in [2.05, 4.69) is 14.9 Å². The molecule has 2 fully saturated rings. The van der Waals surface area contributed by atoms with Gasteiger partial charge in [-0.05, 0) is 25.7 Å². The van der Waals surface area contributed by atoms with E-state index in [1.807, 2.05) is 4.90 Å². The van der Waals surface area contributed by atoms with Crippen molar-refractivity contribution in [2.24, 2.45) is 11.7 Å². The first-order chi connectivity index (χ1) is 11.2. The number of amides is 1. The molecule has 0 aromatic carbocycles. The molecule has 1 aromatic heterocycles. The molecule has 1 aromatic rings. The molecule has 2 aliphatic heterocycles. The van der Waals surface area contributed by atoms with E-state index in [0.717, 1.165) is 45.3 Å². The van der Waals surface area contributed by atoms with Crippen LogP contribution in [0.4, 0.5) is 5.95 Å². The molecule has 1 atom stereocenters. The molecule has 3 heterocycles. The van der Waals surface area contributed by atoms with Crippen LogP contribution in [-0.2, 0) is 4.79 Å². The summed E-state index contributed by atoms with van der Waals surface area (Å²) in [7, 11) is 1.60. The van der Waals surface area contributed by atoms with Gasteiger partial charge in [0.15, 0.2) is 0 Å². The lowest BCUT2D eigenvalue weighted by atomic mass is 9.95. The molecule has 0 unspecified atom stereocenters. The van der Waals surface area contributed by atoms with E-state index in [0.29, 0.717) is 18.4 Å². The van der Waals surface area contributed by atoms with Gasteiger partial charge in [-0.1, -0.05) is 0 Å². The van der Waals surface area contributed by atoms with Crippen LogP contribution in [0.1, 0.15) is 25.7 Å². The summed E-state index contributed by atoms with van der Waals surface area (Å²) >= 11 is 0. The lowest BCUT2D eigenvalue weighted by Gasteiger charge is -2.34. The van der Waals surface area contributed by atoms with Gasteiger partial charge in [-0.2, -0.15) is 4.98 Å². The Hall–Kier alpha value is -1.89. The van der Waals surface area contributed by atoms with Crippen molar-refractivity contribution < 1.29 is 9.53 Å². The van der Waals surface area contributed by atoms with Crippen molar-refractivity contribution in [3.63, 3.8) is 0 Å². The van der Waals surface area contributed by atoms with Gasteiger partial charge in [0, 0.05) is 50.4 Å². The fourth-order valence-electron chi connectivity index (χ4n) is 3.53. The molecular weight excluding hydrogens is 294 g/mol. The van der Waals surface area contributed by atoms with Gasteiger partial charge in [0.25, 0.3) is 0 Å². The highest BCUT2D eigenvalue weighted by Gasteiger charge is 2.34. The highest BCUT2D eigenvalue weighted by molar-refractivity contribution is 5.79. The minimum atomic E-state index is 0.101. The molecule has 2 saturated heterocycles. The highest BCUT2D eigenvalue weighted by atomic mass is 16.5. The number of anilines is 1. The van der Waals surface area contributed by atoms with Gasteiger partial charge in [-0.15, -0.1) is 0 Å². The summed E-state index contributed by atoms with van der Waals surface area (Å²) in [5.74, 6) is 1.63. The Morgan fingerprint density at radius 3 is 2.83 bits per heavy atom. The van der Waals surface area contributed by atoms with Crippen LogP contribution in [0.2, 0.25) is 0 Å². The Balaban J connectivity index is 1.58. The third-order valence-electron chi connectivity index (χ3n) is 4.89. The van der Waals surface area contributed by atoms with Crippen LogP contribution in [-0.4, -0.2) is 60.1 Å². The first-order valence-corrected chi connectivity index (χ1v) is 8.35. The molecule has 0 spiro atoms. The second-order valence-electron chi connectivity index (χ2n) is 6.22. The molecule has 7 heteroatoms. The fraction of sp³-hybridized carbons (Fsp3) is 0.688. The maximum Gasteiger partial charge on any atom is 0.228 e. The molecule has 0 bridgehead atoms. The van der Waals surface area contributed by atoms with Crippen LogP contribution in [0, 0.1) is 5.92 Å². The van der Waals surface area contributed by atoms with E-state index in [9.17, 15) is 4.79 Å². The van der Waals surface area contributed by atoms with Crippen LogP contribution >= 0.6 is 0 Å². The topological polar surface area (TPSA) is 84.6 Å². The van der Waals surface area contributed by atoms with Gasteiger partial charge in [-0.3, -0.25) is 4.79 Å². The second-order valence-corrected chi connectivity index (χ2v) is 6.22. The standard InChI is InChI=1S/C16H25N5O2/c1-23-14-4-7-18-16(19-14)20-9-5-12(6-10-20)15(22)21-8-2-3-13(21)11-17/h4,7,12-13H,2-3,5-6,8-11,17H2,1H3/t13-/m0/s1. The molecule has 0 radical (unpaired) electrons. The third-order valence-corrected chi connectivity index (χ3v) is 4.89. The molecular formula is C16H25N5O2. The number of nitrogens with zero attached hydrogens (tertiary/aromatic N) is 4. The Morgan fingerprint density at radius 2 is 2.13 bits per heavy atom. The van der Waals surface area contributed by atoms with Gasteiger partial charge in [0.05, 0.1) is 7.11 Å². The molecule has 0 saturated carbocycles. The number of nitrogens with two attached hydrogens (primary N) is 1. The van der Waals surface area contributed by atoms with E-state index in [1.54, 1.807) is 19.4 Å². The Bertz CT molecular complexity index is 545. The summed E-state index contributed by atoms with van der Waals surface area (Å²) in [5.41, 5.74) is 5.79. The summed E-state index contributed by atoms with van der Waals surface area (Å²) in [6.45, 7) is 3.03. The van der Waals surface area contributed by atoms with Crippen LogP contribution < -0.4 is 15.4 Å². The summed E-state index contributed by atoms with van der Waals surface area (Å²) in [6, 6.07) is 1.97. The van der Waals surface area contributed by atoms with Gasteiger partial charge in [-0.25, -0.2) is 4.98 Å². The summed E-state index contributed by atoms with van der Waals surface area (Å²) in [5, 5.41) is 0. The quantitative estimate of drug-likeness (QED) is 0.877. The number of carbonyl (C=O) groups excluding carboxylic acids is 1. The number of ether oxygens (including phenoxy) is 1. The van der Waals surface area contributed by atoms with Crippen LogP contribution in [0.5, 0.6) is 5.88 Å². The third kappa shape index (κ3) is 3.39. The molecule has 7 nitrogen and oxygen atoms in total. The highest BCUT2D eigenvalue weighted by Crippen LogP contribution is 2.26. The number of piperidine rings is 1. The largest absolute Gasteiger partial charge is 0.481 e. The number of aromatic nitrogens is 2. The number of hydrogen-bond donors (Lipinski definition) is 1. The predicted molar refractivity (Wildman–Crippen MR) is 87.3 cm³/mol. The molecule has 2 N–H and O–H groups in total. The van der Waals surface area contributed by atoms with Crippen molar-refractivity contribution in [3.05, 3.63) is 12.3 Å². The SMILES string of the molecule is COc1ccnc(N2CCC(C(=O)N3CCC[C@H]3CN)CC2)n1.